The zero-order chi connectivity index (χ0) is 10.2. The van der Waals surface area contributed by atoms with E-state index in [0.29, 0.717) is 6.61 Å². The van der Waals surface area contributed by atoms with Gasteiger partial charge in [-0.05, 0) is 31.0 Å². The van der Waals surface area contributed by atoms with Crippen LogP contribution in [0.3, 0.4) is 0 Å². The molecule has 0 atom stereocenters. The first-order valence-electron chi connectivity index (χ1n) is 4.84. The van der Waals surface area contributed by atoms with Crippen LogP contribution in [0.1, 0.15) is 12.5 Å². The third-order valence-electron chi connectivity index (χ3n) is 1.90. The van der Waals surface area contributed by atoms with E-state index in [1.54, 1.807) is 7.11 Å². The quantitative estimate of drug-likeness (QED) is 0.554. The molecule has 3 nitrogen and oxygen atoms in total. The Hall–Kier alpha value is -1.06. The summed E-state index contributed by atoms with van der Waals surface area (Å²) < 4.78 is 5.13. The molecule has 0 spiro atoms. The van der Waals surface area contributed by atoms with Crippen molar-refractivity contribution in [2.75, 3.05) is 20.3 Å². The second kappa shape index (κ2) is 6.40. The van der Waals surface area contributed by atoms with Crippen LogP contribution in [0.4, 0.5) is 0 Å². The highest BCUT2D eigenvalue weighted by molar-refractivity contribution is 5.28. The molecule has 0 saturated carbocycles. The minimum Gasteiger partial charge on any atom is -0.497 e. The number of methoxy groups -OCH3 is 1. The van der Waals surface area contributed by atoms with E-state index in [2.05, 4.69) is 11.5 Å². The van der Waals surface area contributed by atoms with Crippen molar-refractivity contribution in [2.24, 2.45) is 0 Å². The van der Waals surface area contributed by atoms with Crippen LogP contribution in [-0.4, -0.2) is 20.3 Å². The molecule has 0 bridgehead atoms. The molecule has 0 saturated heterocycles. The van der Waals surface area contributed by atoms with E-state index in [9.17, 15) is 0 Å². The molecule has 0 aromatic heterocycles. The second-order valence-electron chi connectivity index (χ2n) is 2.93. The SMILES string of the molecule is CCONCCc1cccc(OC)c1. The van der Waals surface area contributed by atoms with Crippen LogP contribution in [0.2, 0.25) is 0 Å². The second-order valence-corrected chi connectivity index (χ2v) is 2.93. The van der Waals surface area contributed by atoms with E-state index in [1.165, 1.54) is 5.56 Å². The van der Waals surface area contributed by atoms with Crippen molar-refractivity contribution in [1.82, 2.24) is 5.48 Å². The summed E-state index contributed by atoms with van der Waals surface area (Å²) >= 11 is 0. The lowest BCUT2D eigenvalue weighted by Crippen LogP contribution is -2.17. The minimum atomic E-state index is 0.693. The van der Waals surface area contributed by atoms with E-state index in [4.69, 9.17) is 9.57 Å². The molecule has 0 unspecified atom stereocenters. The van der Waals surface area contributed by atoms with Crippen LogP contribution in [0.25, 0.3) is 0 Å². The first kappa shape index (κ1) is 11.0. The third-order valence-corrected chi connectivity index (χ3v) is 1.90. The van der Waals surface area contributed by atoms with Gasteiger partial charge in [-0.25, -0.2) is 5.48 Å². The molecule has 1 rings (SSSR count). The molecule has 0 radical (unpaired) electrons. The average Bonchev–Trinajstić information content (AvgIpc) is 2.25. The number of hydrogen-bond acceptors (Lipinski definition) is 3. The molecule has 0 heterocycles. The molecular weight excluding hydrogens is 178 g/mol. The van der Waals surface area contributed by atoms with Crippen LogP contribution >= 0.6 is 0 Å². The highest BCUT2D eigenvalue weighted by Crippen LogP contribution is 2.12. The zero-order valence-electron chi connectivity index (χ0n) is 8.75. The van der Waals surface area contributed by atoms with Crippen molar-refractivity contribution in [2.45, 2.75) is 13.3 Å². The molecule has 1 N–H and O–H groups in total. The fourth-order valence-corrected chi connectivity index (χ4v) is 1.20. The summed E-state index contributed by atoms with van der Waals surface area (Å²) in [5, 5.41) is 0. The molecule has 14 heavy (non-hydrogen) atoms. The predicted octanol–water partition coefficient (Wildman–Crippen LogP) is 1.78. The number of rotatable bonds is 6. The third kappa shape index (κ3) is 3.77. The zero-order valence-corrected chi connectivity index (χ0v) is 8.75. The van der Waals surface area contributed by atoms with Gasteiger partial charge in [0.1, 0.15) is 5.75 Å². The van der Waals surface area contributed by atoms with Gasteiger partial charge >= 0.3 is 0 Å². The van der Waals surface area contributed by atoms with Gasteiger partial charge in [-0.1, -0.05) is 12.1 Å². The van der Waals surface area contributed by atoms with Gasteiger partial charge in [0.05, 0.1) is 13.7 Å². The maximum Gasteiger partial charge on any atom is 0.119 e. The van der Waals surface area contributed by atoms with E-state index < -0.39 is 0 Å². The van der Waals surface area contributed by atoms with Crippen molar-refractivity contribution in [3.8, 4) is 5.75 Å². The van der Waals surface area contributed by atoms with Gasteiger partial charge in [0.2, 0.25) is 0 Å². The first-order valence-corrected chi connectivity index (χ1v) is 4.84. The van der Waals surface area contributed by atoms with E-state index in [1.807, 2.05) is 25.1 Å². The van der Waals surface area contributed by atoms with Crippen molar-refractivity contribution >= 4 is 0 Å². The van der Waals surface area contributed by atoms with Gasteiger partial charge in [-0.3, -0.25) is 0 Å². The molecule has 0 aliphatic carbocycles. The topological polar surface area (TPSA) is 30.5 Å². The number of benzene rings is 1. The highest BCUT2D eigenvalue weighted by atomic mass is 16.6. The molecule has 1 aromatic carbocycles. The Morgan fingerprint density at radius 2 is 2.21 bits per heavy atom. The maximum atomic E-state index is 5.13. The highest BCUT2D eigenvalue weighted by Gasteiger charge is 1.95. The number of nitrogens with one attached hydrogen (secondary N) is 1. The van der Waals surface area contributed by atoms with Crippen molar-refractivity contribution in [3.05, 3.63) is 29.8 Å². The van der Waals surface area contributed by atoms with Crippen molar-refractivity contribution in [3.63, 3.8) is 0 Å². The van der Waals surface area contributed by atoms with Gasteiger partial charge < -0.3 is 9.57 Å². The van der Waals surface area contributed by atoms with Crippen molar-refractivity contribution < 1.29 is 9.57 Å². The summed E-state index contributed by atoms with van der Waals surface area (Å²) in [6, 6.07) is 8.05. The summed E-state index contributed by atoms with van der Waals surface area (Å²) in [5.41, 5.74) is 4.13. The number of ether oxygens (including phenoxy) is 1. The largest absolute Gasteiger partial charge is 0.497 e. The monoisotopic (exact) mass is 195 g/mol. The Labute approximate surface area is 85.0 Å². The fraction of sp³-hybridized carbons (Fsp3) is 0.455. The molecular formula is C11H17NO2. The van der Waals surface area contributed by atoms with Gasteiger partial charge in [0, 0.05) is 6.54 Å². The van der Waals surface area contributed by atoms with E-state index in [0.717, 1.165) is 18.7 Å². The maximum absolute atomic E-state index is 5.13. The van der Waals surface area contributed by atoms with Crippen LogP contribution in [0, 0.1) is 0 Å². The summed E-state index contributed by atoms with van der Waals surface area (Å²) in [4.78, 5) is 5.03. The van der Waals surface area contributed by atoms with Crippen LogP contribution in [0.15, 0.2) is 24.3 Å². The summed E-state index contributed by atoms with van der Waals surface area (Å²) in [7, 11) is 1.68. The Morgan fingerprint density at radius 3 is 2.93 bits per heavy atom. The number of hydroxylamine groups is 1. The molecule has 0 aliphatic heterocycles. The Morgan fingerprint density at radius 1 is 1.36 bits per heavy atom. The van der Waals surface area contributed by atoms with E-state index >= 15 is 0 Å². The summed E-state index contributed by atoms with van der Waals surface area (Å²) in [6.45, 7) is 3.47. The van der Waals surface area contributed by atoms with Crippen LogP contribution < -0.4 is 10.2 Å². The van der Waals surface area contributed by atoms with Gasteiger partial charge in [0.15, 0.2) is 0 Å². The predicted molar refractivity (Wildman–Crippen MR) is 56.3 cm³/mol. The lowest BCUT2D eigenvalue weighted by Gasteiger charge is -2.05. The lowest BCUT2D eigenvalue weighted by atomic mass is 10.1. The van der Waals surface area contributed by atoms with Gasteiger partial charge in [-0.2, -0.15) is 0 Å². The standard InChI is InChI=1S/C11H17NO2/c1-3-14-12-8-7-10-5-4-6-11(9-10)13-2/h4-6,9,12H,3,7-8H2,1-2H3. The van der Waals surface area contributed by atoms with Gasteiger partial charge in [-0.15, -0.1) is 0 Å². The first-order chi connectivity index (χ1) is 6.86. The molecule has 3 heteroatoms. The molecule has 0 aliphatic rings. The summed E-state index contributed by atoms with van der Waals surface area (Å²) in [6.07, 6.45) is 0.942. The fourth-order valence-electron chi connectivity index (χ4n) is 1.20. The Bertz CT molecular complexity index is 263. The smallest absolute Gasteiger partial charge is 0.119 e. The van der Waals surface area contributed by atoms with E-state index in [-0.39, 0.29) is 0 Å². The number of hydrogen-bond donors (Lipinski definition) is 1. The molecule has 1 aromatic rings. The molecule has 0 amide bonds. The normalized spacial score (nSPS) is 10.1. The average molecular weight is 195 g/mol. The Kier molecular flexibility index (Phi) is 5.04. The Balaban J connectivity index is 2.34. The molecule has 0 fully saturated rings. The lowest BCUT2D eigenvalue weighted by molar-refractivity contribution is 0.0519. The van der Waals surface area contributed by atoms with Crippen LogP contribution in [-0.2, 0) is 11.3 Å². The minimum absolute atomic E-state index is 0.693. The molecule has 78 valence electrons. The van der Waals surface area contributed by atoms with Gasteiger partial charge in [0.25, 0.3) is 0 Å². The van der Waals surface area contributed by atoms with Crippen molar-refractivity contribution in [1.29, 1.82) is 0 Å². The summed E-state index contributed by atoms with van der Waals surface area (Å²) in [5.74, 6) is 0.902. The van der Waals surface area contributed by atoms with Crippen LogP contribution in [0.5, 0.6) is 5.75 Å².